The van der Waals surface area contributed by atoms with E-state index in [1.54, 1.807) is 48.2 Å². The zero-order valence-electron chi connectivity index (χ0n) is 14.5. The molecule has 2 aromatic rings. The van der Waals surface area contributed by atoms with E-state index in [1.807, 2.05) is 13.0 Å². The summed E-state index contributed by atoms with van der Waals surface area (Å²) in [5.41, 5.74) is 2.60. The van der Waals surface area contributed by atoms with Gasteiger partial charge in [-0.3, -0.25) is 9.52 Å². The van der Waals surface area contributed by atoms with Crippen LogP contribution >= 0.6 is 0 Å². The summed E-state index contributed by atoms with van der Waals surface area (Å²) in [4.78, 5) is 14.5. The molecular weight excluding hydrogens is 336 g/mol. The molecule has 1 amide bonds. The second-order valence-electron chi connectivity index (χ2n) is 6.45. The third-order valence-corrected chi connectivity index (χ3v) is 5.92. The number of likely N-dealkylation sites (tertiary alicyclic amines) is 1. The third kappa shape index (κ3) is 3.85. The van der Waals surface area contributed by atoms with Gasteiger partial charge in [-0.2, -0.15) is 0 Å². The first-order chi connectivity index (χ1) is 11.9. The van der Waals surface area contributed by atoms with Crippen LogP contribution in [0.5, 0.6) is 0 Å². The first-order valence-electron chi connectivity index (χ1n) is 8.36. The molecule has 5 nitrogen and oxygen atoms in total. The normalized spacial score (nSPS) is 14.6. The molecule has 1 aliphatic rings. The van der Waals surface area contributed by atoms with Crippen molar-refractivity contribution in [2.24, 2.45) is 0 Å². The Labute approximate surface area is 148 Å². The van der Waals surface area contributed by atoms with Crippen molar-refractivity contribution >= 4 is 21.6 Å². The monoisotopic (exact) mass is 358 g/mol. The lowest BCUT2D eigenvalue weighted by Crippen LogP contribution is -2.27. The largest absolute Gasteiger partial charge is 0.339 e. The van der Waals surface area contributed by atoms with Crippen molar-refractivity contribution in [1.29, 1.82) is 0 Å². The van der Waals surface area contributed by atoms with Crippen molar-refractivity contribution in [3.05, 3.63) is 59.2 Å². The summed E-state index contributed by atoms with van der Waals surface area (Å²) in [6, 6.07) is 11.9. The molecule has 1 N–H and O–H groups in total. The van der Waals surface area contributed by atoms with Gasteiger partial charge >= 0.3 is 0 Å². The summed E-state index contributed by atoms with van der Waals surface area (Å²) in [6.07, 6.45) is 2.04. The number of anilines is 1. The van der Waals surface area contributed by atoms with Gasteiger partial charge in [-0.15, -0.1) is 0 Å². The van der Waals surface area contributed by atoms with Gasteiger partial charge < -0.3 is 4.90 Å². The summed E-state index contributed by atoms with van der Waals surface area (Å²) in [5.74, 6) is -0.0509. The van der Waals surface area contributed by atoms with Gasteiger partial charge in [0, 0.05) is 24.3 Å². The number of benzene rings is 2. The molecule has 25 heavy (non-hydrogen) atoms. The van der Waals surface area contributed by atoms with E-state index < -0.39 is 10.0 Å². The minimum absolute atomic E-state index is 0.0509. The predicted octanol–water partition coefficient (Wildman–Crippen LogP) is 3.34. The van der Waals surface area contributed by atoms with E-state index in [0.29, 0.717) is 16.8 Å². The van der Waals surface area contributed by atoms with E-state index in [0.717, 1.165) is 31.5 Å². The highest BCUT2D eigenvalue weighted by atomic mass is 32.2. The summed E-state index contributed by atoms with van der Waals surface area (Å²) >= 11 is 0. The molecule has 132 valence electrons. The number of rotatable bonds is 4. The van der Waals surface area contributed by atoms with Gasteiger partial charge in [-0.1, -0.05) is 23.8 Å². The molecule has 0 bridgehead atoms. The quantitative estimate of drug-likeness (QED) is 0.911. The standard InChI is InChI=1S/C19H22N2O3S/c1-14-8-9-18(15(2)12-14)25(23,24)20-17-7-5-6-16(13-17)19(22)21-10-3-4-11-21/h5-9,12-13,20H,3-4,10-11H2,1-2H3. The van der Waals surface area contributed by atoms with Crippen molar-refractivity contribution in [1.82, 2.24) is 4.90 Å². The summed E-state index contributed by atoms with van der Waals surface area (Å²) in [7, 11) is -3.70. The Hall–Kier alpha value is -2.34. The molecule has 0 aliphatic carbocycles. The number of carbonyl (C=O) groups excluding carboxylic acids is 1. The smallest absolute Gasteiger partial charge is 0.262 e. The van der Waals surface area contributed by atoms with Crippen LogP contribution in [0.15, 0.2) is 47.4 Å². The van der Waals surface area contributed by atoms with E-state index in [-0.39, 0.29) is 10.8 Å². The van der Waals surface area contributed by atoms with Crippen LogP contribution in [0.2, 0.25) is 0 Å². The average Bonchev–Trinajstić information content (AvgIpc) is 3.08. The molecule has 0 unspecified atom stereocenters. The zero-order valence-corrected chi connectivity index (χ0v) is 15.3. The number of nitrogens with zero attached hydrogens (tertiary/aromatic N) is 1. The predicted molar refractivity (Wildman–Crippen MR) is 98.3 cm³/mol. The Morgan fingerprint density at radius 1 is 1.04 bits per heavy atom. The van der Waals surface area contributed by atoms with Gasteiger partial charge in [-0.05, 0) is 56.5 Å². The highest BCUT2D eigenvalue weighted by Crippen LogP contribution is 2.22. The van der Waals surface area contributed by atoms with Crippen LogP contribution in [0.4, 0.5) is 5.69 Å². The third-order valence-electron chi connectivity index (χ3n) is 4.37. The minimum Gasteiger partial charge on any atom is -0.339 e. The fraction of sp³-hybridized carbons (Fsp3) is 0.316. The van der Waals surface area contributed by atoms with Gasteiger partial charge in [0.15, 0.2) is 0 Å². The van der Waals surface area contributed by atoms with Crippen molar-refractivity contribution in [2.75, 3.05) is 17.8 Å². The molecule has 0 aromatic heterocycles. The van der Waals surface area contributed by atoms with Crippen LogP contribution in [0.3, 0.4) is 0 Å². The summed E-state index contributed by atoms with van der Waals surface area (Å²) in [5, 5.41) is 0. The Morgan fingerprint density at radius 3 is 2.44 bits per heavy atom. The number of sulfonamides is 1. The molecule has 1 aliphatic heterocycles. The van der Waals surface area contributed by atoms with E-state index in [2.05, 4.69) is 4.72 Å². The maximum Gasteiger partial charge on any atom is 0.262 e. The van der Waals surface area contributed by atoms with Crippen molar-refractivity contribution in [3.63, 3.8) is 0 Å². The van der Waals surface area contributed by atoms with Crippen molar-refractivity contribution < 1.29 is 13.2 Å². The number of carbonyl (C=O) groups is 1. The molecule has 1 fully saturated rings. The number of hydrogen-bond acceptors (Lipinski definition) is 3. The number of amides is 1. The van der Waals surface area contributed by atoms with Crippen LogP contribution in [0, 0.1) is 13.8 Å². The molecular formula is C19H22N2O3S. The Morgan fingerprint density at radius 2 is 1.76 bits per heavy atom. The number of hydrogen-bond donors (Lipinski definition) is 1. The van der Waals surface area contributed by atoms with Crippen LogP contribution in [0.1, 0.15) is 34.3 Å². The summed E-state index contributed by atoms with van der Waals surface area (Å²) in [6.45, 7) is 5.22. The molecule has 0 saturated carbocycles. The van der Waals surface area contributed by atoms with Crippen LogP contribution in [-0.2, 0) is 10.0 Å². The molecule has 0 radical (unpaired) electrons. The molecule has 0 spiro atoms. The van der Waals surface area contributed by atoms with E-state index >= 15 is 0 Å². The lowest BCUT2D eigenvalue weighted by Gasteiger charge is -2.16. The van der Waals surface area contributed by atoms with Gasteiger partial charge in [0.2, 0.25) is 0 Å². The second-order valence-corrected chi connectivity index (χ2v) is 8.11. The lowest BCUT2D eigenvalue weighted by molar-refractivity contribution is 0.0793. The van der Waals surface area contributed by atoms with Crippen molar-refractivity contribution in [2.45, 2.75) is 31.6 Å². The molecule has 2 aromatic carbocycles. The Kier molecular flexibility index (Phi) is 4.81. The number of aryl methyl sites for hydroxylation is 2. The van der Waals surface area contributed by atoms with Crippen LogP contribution in [-0.4, -0.2) is 32.3 Å². The van der Waals surface area contributed by atoms with Crippen LogP contribution in [0.25, 0.3) is 0 Å². The van der Waals surface area contributed by atoms with Crippen LogP contribution < -0.4 is 4.72 Å². The fourth-order valence-corrected chi connectivity index (χ4v) is 4.41. The van der Waals surface area contributed by atoms with Gasteiger partial charge in [0.05, 0.1) is 4.90 Å². The highest BCUT2D eigenvalue weighted by molar-refractivity contribution is 7.92. The minimum atomic E-state index is -3.70. The van der Waals surface area contributed by atoms with Crippen molar-refractivity contribution in [3.8, 4) is 0 Å². The molecule has 1 heterocycles. The van der Waals surface area contributed by atoms with E-state index in [9.17, 15) is 13.2 Å². The maximum absolute atomic E-state index is 12.7. The topological polar surface area (TPSA) is 66.5 Å². The highest BCUT2D eigenvalue weighted by Gasteiger charge is 2.21. The number of nitrogens with one attached hydrogen (secondary N) is 1. The molecule has 3 rings (SSSR count). The molecule has 1 saturated heterocycles. The maximum atomic E-state index is 12.7. The Bertz CT molecular complexity index is 901. The van der Waals surface area contributed by atoms with E-state index in [1.165, 1.54) is 0 Å². The van der Waals surface area contributed by atoms with Gasteiger partial charge in [0.1, 0.15) is 0 Å². The average molecular weight is 358 g/mol. The first kappa shape index (κ1) is 17.5. The lowest BCUT2D eigenvalue weighted by atomic mass is 10.2. The molecule has 6 heteroatoms. The zero-order chi connectivity index (χ0) is 18.0. The Balaban J connectivity index is 1.85. The summed E-state index contributed by atoms with van der Waals surface area (Å²) < 4.78 is 27.9. The second kappa shape index (κ2) is 6.88. The SMILES string of the molecule is Cc1ccc(S(=O)(=O)Nc2cccc(C(=O)N3CCCC3)c2)c(C)c1. The van der Waals surface area contributed by atoms with Gasteiger partial charge in [0.25, 0.3) is 15.9 Å². The van der Waals surface area contributed by atoms with Gasteiger partial charge in [-0.25, -0.2) is 8.42 Å². The first-order valence-corrected chi connectivity index (χ1v) is 9.84. The fourth-order valence-electron chi connectivity index (χ4n) is 3.13. The van der Waals surface area contributed by atoms with E-state index in [4.69, 9.17) is 0 Å². The molecule has 0 atom stereocenters.